The maximum absolute atomic E-state index is 5.74. The molecule has 11 heavy (non-hydrogen) atoms. The van der Waals surface area contributed by atoms with Gasteiger partial charge in [0.05, 0.1) is 6.61 Å². The molecule has 0 saturated carbocycles. The first-order valence-electron chi connectivity index (χ1n) is 4.00. The number of ether oxygens (including phenoxy) is 1. The molecule has 0 heterocycles. The van der Waals surface area contributed by atoms with Crippen molar-refractivity contribution in [2.75, 3.05) is 13.2 Å². The summed E-state index contributed by atoms with van der Waals surface area (Å²) in [4.78, 5) is 0. The van der Waals surface area contributed by atoms with E-state index in [2.05, 4.69) is 13.8 Å². The Hall–Kier alpha value is 0.210. The molecule has 0 amide bonds. The van der Waals surface area contributed by atoms with Crippen LogP contribution in [0, 0.1) is 5.92 Å². The molecule has 2 nitrogen and oxygen atoms in total. The first-order valence-corrected chi connectivity index (χ1v) is 4.00. The smallest absolute Gasteiger partial charge is 0.0617 e. The van der Waals surface area contributed by atoms with E-state index in [1.807, 2.05) is 6.92 Å². The lowest BCUT2D eigenvalue weighted by Crippen LogP contribution is -2.27. The summed E-state index contributed by atoms with van der Waals surface area (Å²) in [6.45, 7) is 7.81. The summed E-state index contributed by atoms with van der Waals surface area (Å²) in [5, 5.41) is 0. The average Bonchev–Trinajstić information content (AvgIpc) is 1.82. The zero-order valence-electron chi connectivity index (χ0n) is 7.67. The Kier molecular flexibility index (Phi) is 10.4. The third-order valence-electron chi connectivity index (χ3n) is 1.31. The molecule has 0 aliphatic heterocycles. The van der Waals surface area contributed by atoms with Crippen LogP contribution in [0.1, 0.15) is 27.2 Å². The van der Waals surface area contributed by atoms with Crippen molar-refractivity contribution in [3.63, 3.8) is 0 Å². The maximum atomic E-state index is 5.74. The fourth-order valence-corrected chi connectivity index (χ4v) is 0.943. The number of nitrogens with two attached hydrogens (primary N) is 1. The summed E-state index contributed by atoms with van der Waals surface area (Å²) in [6, 6.07) is 0.222. The second-order valence-corrected chi connectivity index (χ2v) is 3.05. The van der Waals surface area contributed by atoms with Crippen molar-refractivity contribution in [3.05, 3.63) is 0 Å². The fourth-order valence-electron chi connectivity index (χ4n) is 0.943. The lowest BCUT2D eigenvalue weighted by molar-refractivity contribution is 0.127. The van der Waals surface area contributed by atoms with Crippen LogP contribution in [0.5, 0.6) is 0 Å². The van der Waals surface area contributed by atoms with E-state index in [0.29, 0.717) is 12.5 Å². The summed E-state index contributed by atoms with van der Waals surface area (Å²) in [5.74, 6) is 0.676. The van der Waals surface area contributed by atoms with Gasteiger partial charge in [-0.3, -0.25) is 0 Å². The minimum absolute atomic E-state index is 0. The van der Waals surface area contributed by atoms with Gasteiger partial charge in [-0.25, -0.2) is 0 Å². The van der Waals surface area contributed by atoms with Crippen molar-refractivity contribution >= 4 is 12.4 Å². The minimum Gasteiger partial charge on any atom is -0.380 e. The second kappa shape index (κ2) is 8.31. The predicted octanol–water partition coefficient (Wildman–Crippen LogP) is 1.82. The average molecular weight is 182 g/mol. The van der Waals surface area contributed by atoms with Gasteiger partial charge in [0.1, 0.15) is 0 Å². The summed E-state index contributed by atoms with van der Waals surface area (Å²) < 4.78 is 5.17. The number of rotatable bonds is 5. The number of halogens is 1. The Labute approximate surface area is 75.9 Å². The molecule has 0 aliphatic rings. The van der Waals surface area contributed by atoms with Crippen molar-refractivity contribution in [1.29, 1.82) is 0 Å². The molecule has 0 rings (SSSR count). The fraction of sp³-hybridized carbons (Fsp3) is 1.00. The van der Waals surface area contributed by atoms with Crippen LogP contribution in [0.25, 0.3) is 0 Å². The summed E-state index contributed by atoms with van der Waals surface area (Å²) in [6.07, 6.45) is 1.06. The van der Waals surface area contributed by atoms with Gasteiger partial charge in [0.25, 0.3) is 0 Å². The highest BCUT2D eigenvalue weighted by Gasteiger charge is 2.03. The summed E-state index contributed by atoms with van der Waals surface area (Å²) >= 11 is 0. The van der Waals surface area contributed by atoms with Gasteiger partial charge in [-0.1, -0.05) is 13.8 Å². The molecule has 70 valence electrons. The van der Waals surface area contributed by atoms with Gasteiger partial charge in [-0.2, -0.15) is 0 Å². The molecule has 0 spiro atoms. The van der Waals surface area contributed by atoms with Gasteiger partial charge in [0.15, 0.2) is 0 Å². The molecule has 0 radical (unpaired) electrons. The van der Waals surface area contributed by atoms with Gasteiger partial charge in [0.2, 0.25) is 0 Å². The van der Waals surface area contributed by atoms with E-state index in [1.54, 1.807) is 0 Å². The topological polar surface area (TPSA) is 35.2 Å². The molecule has 0 saturated heterocycles. The molecule has 3 heteroatoms. The first-order chi connectivity index (χ1) is 4.66. The SMILES string of the molecule is CCOCC(N)CC(C)C.Cl. The summed E-state index contributed by atoms with van der Waals surface area (Å²) in [5.41, 5.74) is 5.74. The van der Waals surface area contributed by atoms with Gasteiger partial charge in [0, 0.05) is 12.6 Å². The monoisotopic (exact) mass is 181 g/mol. The third-order valence-corrected chi connectivity index (χ3v) is 1.31. The van der Waals surface area contributed by atoms with E-state index in [9.17, 15) is 0 Å². The van der Waals surface area contributed by atoms with Crippen LogP contribution in [0.2, 0.25) is 0 Å². The molecule has 0 aromatic heterocycles. The zero-order valence-corrected chi connectivity index (χ0v) is 8.49. The Morgan fingerprint density at radius 1 is 1.36 bits per heavy atom. The van der Waals surface area contributed by atoms with Crippen LogP contribution >= 0.6 is 12.4 Å². The van der Waals surface area contributed by atoms with E-state index in [4.69, 9.17) is 10.5 Å². The van der Waals surface area contributed by atoms with Crippen molar-refractivity contribution in [2.45, 2.75) is 33.2 Å². The van der Waals surface area contributed by atoms with Gasteiger partial charge in [-0.15, -0.1) is 12.4 Å². The highest BCUT2D eigenvalue weighted by molar-refractivity contribution is 5.85. The zero-order chi connectivity index (χ0) is 7.98. The van der Waals surface area contributed by atoms with Gasteiger partial charge >= 0.3 is 0 Å². The van der Waals surface area contributed by atoms with Crippen LogP contribution in [0.4, 0.5) is 0 Å². The quantitative estimate of drug-likeness (QED) is 0.703. The first kappa shape index (κ1) is 13.8. The van der Waals surface area contributed by atoms with Crippen LogP contribution in [0.3, 0.4) is 0 Å². The molecular formula is C8H20ClNO. The van der Waals surface area contributed by atoms with Crippen LogP contribution in [-0.2, 0) is 4.74 Å². The number of hydrogen-bond acceptors (Lipinski definition) is 2. The van der Waals surface area contributed by atoms with Gasteiger partial charge in [-0.05, 0) is 19.3 Å². The largest absolute Gasteiger partial charge is 0.380 e. The van der Waals surface area contributed by atoms with Crippen molar-refractivity contribution in [3.8, 4) is 0 Å². The second-order valence-electron chi connectivity index (χ2n) is 3.05. The Bertz CT molecular complexity index is 78.5. The summed E-state index contributed by atoms with van der Waals surface area (Å²) in [7, 11) is 0. The highest BCUT2D eigenvalue weighted by atomic mass is 35.5. The van der Waals surface area contributed by atoms with E-state index >= 15 is 0 Å². The number of hydrogen-bond donors (Lipinski definition) is 1. The van der Waals surface area contributed by atoms with Crippen LogP contribution in [-0.4, -0.2) is 19.3 Å². The maximum Gasteiger partial charge on any atom is 0.0617 e. The molecule has 2 N–H and O–H groups in total. The van der Waals surface area contributed by atoms with Crippen molar-refractivity contribution < 1.29 is 4.74 Å². The molecule has 0 aromatic carbocycles. The predicted molar refractivity (Wildman–Crippen MR) is 51.2 cm³/mol. The molecule has 1 unspecified atom stereocenters. The molecule has 0 aliphatic carbocycles. The molecule has 0 aromatic rings. The highest BCUT2D eigenvalue weighted by Crippen LogP contribution is 2.02. The van der Waals surface area contributed by atoms with Crippen molar-refractivity contribution in [2.24, 2.45) is 11.7 Å². The Balaban J connectivity index is 0. The van der Waals surface area contributed by atoms with E-state index in [0.717, 1.165) is 13.0 Å². The minimum atomic E-state index is 0. The lowest BCUT2D eigenvalue weighted by atomic mass is 10.1. The molecular weight excluding hydrogens is 162 g/mol. The standard InChI is InChI=1S/C8H19NO.ClH/c1-4-10-6-8(9)5-7(2)3;/h7-8H,4-6,9H2,1-3H3;1H. The van der Waals surface area contributed by atoms with Gasteiger partial charge < -0.3 is 10.5 Å². The van der Waals surface area contributed by atoms with E-state index in [-0.39, 0.29) is 18.4 Å². The Morgan fingerprint density at radius 3 is 2.27 bits per heavy atom. The van der Waals surface area contributed by atoms with E-state index < -0.39 is 0 Å². The molecule has 0 bridgehead atoms. The van der Waals surface area contributed by atoms with E-state index in [1.165, 1.54) is 0 Å². The van der Waals surface area contributed by atoms with Crippen LogP contribution in [0.15, 0.2) is 0 Å². The van der Waals surface area contributed by atoms with Crippen LogP contribution < -0.4 is 5.73 Å². The molecule has 1 atom stereocenters. The lowest BCUT2D eigenvalue weighted by Gasteiger charge is -2.12. The Morgan fingerprint density at radius 2 is 1.91 bits per heavy atom. The van der Waals surface area contributed by atoms with Crippen molar-refractivity contribution in [1.82, 2.24) is 0 Å². The molecule has 0 fully saturated rings. The third kappa shape index (κ3) is 10.2. The normalized spacial score (nSPS) is 12.8.